The summed E-state index contributed by atoms with van der Waals surface area (Å²) in [6.07, 6.45) is 1.50. The number of anilines is 1. The monoisotopic (exact) mass is 405 g/mol. The molecule has 0 saturated carbocycles. The predicted octanol–water partition coefficient (Wildman–Crippen LogP) is 1.22. The molecule has 1 unspecified atom stereocenters. The first-order valence-electron chi connectivity index (χ1n) is 7.57. The first kappa shape index (κ1) is 20.5. The fraction of sp³-hybridized carbons (Fsp3) is 0.538. The van der Waals surface area contributed by atoms with Gasteiger partial charge in [0, 0.05) is 6.54 Å². The molecule has 2 aromatic heterocycles. The number of nitrogens with two attached hydrogens (primary N) is 1. The Morgan fingerprint density at radius 2 is 2.19 bits per heavy atom. The number of ether oxygens (including phenoxy) is 3. The zero-order valence-corrected chi connectivity index (χ0v) is 16.0. The van der Waals surface area contributed by atoms with Crippen LogP contribution in [0.3, 0.4) is 0 Å². The Morgan fingerprint density at radius 1 is 1.42 bits per heavy atom. The molecule has 0 aliphatic heterocycles. The summed E-state index contributed by atoms with van der Waals surface area (Å²) in [5, 5.41) is 0. The number of aromatic nitrogens is 4. The molecule has 0 amide bonds. The molecule has 2 aromatic rings. The normalized spacial score (nSPS) is 13.7. The summed E-state index contributed by atoms with van der Waals surface area (Å²) in [6.45, 7) is 0.253. The molecule has 2 rings (SSSR count). The fourth-order valence-electron chi connectivity index (χ4n) is 1.83. The second kappa shape index (κ2) is 9.19. The van der Waals surface area contributed by atoms with Gasteiger partial charge in [0.2, 0.25) is 13.3 Å². The largest absolute Gasteiger partial charge is 0.510 e. The summed E-state index contributed by atoms with van der Waals surface area (Å²) in [5.41, 5.74) is 6.80. The number of carbonyl (C=O) groups is 1. The lowest BCUT2D eigenvalue weighted by atomic mass is 10.5. The highest BCUT2D eigenvalue weighted by molar-refractivity contribution is 8.09. The predicted molar refractivity (Wildman–Crippen MR) is 95.7 cm³/mol. The highest BCUT2D eigenvalue weighted by atomic mass is 32.5. The Hall–Kier alpha value is -1.85. The zero-order chi connectivity index (χ0) is 19.2. The average molecular weight is 405 g/mol. The molecule has 144 valence electrons. The molecule has 0 aromatic carbocycles. The van der Waals surface area contributed by atoms with Gasteiger partial charge in [-0.1, -0.05) is 0 Å². The van der Waals surface area contributed by atoms with Gasteiger partial charge in [-0.15, -0.1) is 0 Å². The Kier molecular flexibility index (Phi) is 7.23. The molecule has 13 heteroatoms. The van der Waals surface area contributed by atoms with Gasteiger partial charge in [0.25, 0.3) is 0 Å². The van der Waals surface area contributed by atoms with E-state index in [0.717, 1.165) is 0 Å². The third-order valence-electron chi connectivity index (χ3n) is 2.92. The maximum atomic E-state index is 11.2. The van der Waals surface area contributed by atoms with Gasteiger partial charge in [0.15, 0.2) is 11.5 Å². The number of rotatable bonds is 9. The molecule has 0 saturated heterocycles. The lowest BCUT2D eigenvalue weighted by Gasteiger charge is -2.16. The molecule has 0 aliphatic rings. The molecular formula is C13H20N5O6PS. The summed E-state index contributed by atoms with van der Waals surface area (Å²) in [4.78, 5) is 33.2. The van der Waals surface area contributed by atoms with Gasteiger partial charge in [-0.25, -0.2) is 19.7 Å². The highest BCUT2D eigenvalue weighted by Crippen LogP contribution is 2.42. The molecule has 0 fully saturated rings. The van der Waals surface area contributed by atoms with E-state index in [4.69, 9.17) is 31.5 Å². The molecule has 2 heterocycles. The van der Waals surface area contributed by atoms with E-state index in [1.807, 2.05) is 0 Å². The van der Waals surface area contributed by atoms with Crippen LogP contribution in [0.25, 0.3) is 11.2 Å². The average Bonchev–Trinajstić information content (AvgIpc) is 2.95. The second-order valence-corrected chi connectivity index (χ2v) is 8.85. The van der Waals surface area contributed by atoms with Crippen molar-refractivity contribution in [2.24, 2.45) is 0 Å². The van der Waals surface area contributed by atoms with Crippen LogP contribution in [0.4, 0.5) is 10.6 Å². The lowest BCUT2D eigenvalue weighted by Crippen LogP contribution is -2.15. The molecule has 11 nitrogen and oxygen atoms in total. The van der Waals surface area contributed by atoms with Crippen LogP contribution in [0.5, 0.6) is 0 Å². The van der Waals surface area contributed by atoms with E-state index in [0.29, 0.717) is 23.5 Å². The summed E-state index contributed by atoms with van der Waals surface area (Å²) < 4.78 is 21.4. The lowest BCUT2D eigenvalue weighted by molar-refractivity contribution is -0.00950. The topological polar surface area (TPSA) is 144 Å². The van der Waals surface area contributed by atoms with E-state index >= 15 is 0 Å². The van der Waals surface area contributed by atoms with Crippen molar-refractivity contribution in [3.63, 3.8) is 0 Å². The molecule has 0 aliphatic carbocycles. The smallest absolute Gasteiger partial charge is 0.432 e. The Balaban J connectivity index is 1.72. The quantitative estimate of drug-likeness (QED) is 0.269. The van der Waals surface area contributed by atoms with Crippen LogP contribution in [-0.4, -0.2) is 56.4 Å². The van der Waals surface area contributed by atoms with Gasteiger partial charge in [0.05, 0.1) is 19.0 Å². The third-order valence-corrected chi connectivity index (χ3v) is 4.57. The Labute approximate surface area is 154 Å². The van der Waals surface area contributed by atoms with E-state index in [1.165, 1.54) is 6.33 Å². The van der Waals surface area contributed by atoms with Crippen LogP contribution in [0.1, 0.15) is 13.8 Å². The molecule has 0 bridgehead atoms. The van der Waals surface area contributed by atoms with Crippen LogP contribution in [0, 0.1) is 0 Å². The van der Waals surface area contributed by atoms with Crippen LogP contribution >= 0.6 is 6.49 Å². The molecular weight excluding hydrogens is 385 g/mol. The van der Waals surface area contributed by atoms with Gasteiger partial charge in [-0.05, 0) is 25.7 Å². The van der Waals surface area contributed by atoms with Crippen molar-refractivity contribution >= 4 is 41.4 Å². The maximum absolute atomic E-state index is 11.2. The van der Waals surface area contributed by atoms with Crippen molar-refractivity contribution in [1.82, 2.24) is 19.5 Å². The second-order valence-electron chi connectivity index (χ2n) is 5.35. The number of hydrogen-bond acceptors (Lipinski definition) is 10. The van der Waals surface area contributed by atoms with Gasteiger partial charge in [0.1, 0.15) is 18.2 Å². The minimum absolute atomic E-state index is 0.200. The molecule has 0 radical (unpaired) electrons. The van der Waals surface area contributed by atoms with E-state index in [9.17, 15) is 9.69 Å². The number of hydrogen-bond donors (Lipinski definition) is 2. The first-order chi connectivity index (χ1) is 12.3. The summed E-state index contributed by atoms with van der Waals surface area (Å²) >= 11 is 4.92. The van der Waals surface area contributed by atoms with Gasteiger partial charge < -0.3 is 29.4 Å². The van der Waals surface area contributed by atoms with Crippen molar-refractivity contribution in [3.8, 4) is 0 Å². The minimum Gasteiger partial charge on any atom is -0.432 e. The van der Waals surface area contributed by atoms with Crippen molar-refractivity contribution in [2.75, 3.05) is 25.5 Å². The van der Waals surface area contributed by atoms with E-state index in [2.05, 4.69) is 19.7 Å². The van der Waals surface area contributed by atoms with Crippen molar-refractivity contribution in [1.29, 1.82) is 0 Å². The van der Waals surface area contributed by atoms with Crippen molar-refractivity contribution in [2.45, 2.75) is 26.5 Å². The number of imidazole rings is 1. The van der Waals surface area contributed by atoms with E-state index < -0.39 is 19.4 Å². The Bertz CT molecular complexity index is 800. The molecule has 0 spiro atoms. The molecule has 3 N–H and O–H groups in total. The van der Waals surface area contributed by atoms with Crippen LogP contribution in [0.15, 0.2) is 12.7 Å². The third kappa shape index (κ3) is 6.15. The van der Waals surface area contributed by atoms with E-state index in [1.54, 1.807) is 24.7 Å². The molecule has 1 atom stereocenters. The number of fused-ring (bicyclic) bond motifs is 1. The SMILES string of the molecule is CC(C)OC(=O)OCOP(O)(=S)COCCn1cnc2c(N)ncnc21. The fourth-order valence-corrected chi connectivity index (χ4v) is 2.83. The maximum Gasteiger partial charge on any atom is 0.510 e. The first-order valence-corrected chi connectivity index (χ1v) is 10.4. The highest BCUT2D eigenvalue weighted by Gasteiger charge is 2.16. The number of nitrogen functional groups attached to an aromatic ring is 1. The Morgan fingerprint density at radius 3 is 2.92 bits per heavy atom. The standard InChI is InChI=1S/C13H20N5O6PS/c1-9(2)24-13(19)22-7-23-25(20,26)8-21-4-3-18-6-17-10-11(14)15-5-16-12(10)18/h5-6,9H,3-4,7-8H2,1-2H3,(H,20,26)(H2,14,15,16). The van der Waals surface area contributed by atoms with Crippen molar-refractivity contribution in [3.05, 3.63) is 12.7 Å². The summed E-state index contributed by atoms with van der Waals surface area (Å²) in [7, 11) is 0. The number of nitrogens with zero attached hydrogens (tertiary/aromatic N) is 4. The molecule has 26 heavy (non-hydrogen) atoms. The van der Waals surface area contributed by atoms with Crippen LogP contribution < -0.4 is 5.73 Å². The van der Waals surface area contributed by atoms with Crippen LogP contribution in [0.2, 0.25) is 0 Å². The summed E-state index contributed by atoms with van der Waals surface area (Å²) in [5.74, 6) is 0.296. The van der Waals surface area contributed by atoms with E-state index in [-0.39, 0.29) is 19.1 Å². The summed E-state index contributed by atoms with van der Waals surface area (Å²) in [6, 6.07) is 0. The zero-order valence-electron chi connectivity index (χ0n) is 14.3. The van der Waals surface area contributed by atoms with Gasteiger partial charge in [-0.3, -0.25) is 4.52 Å². The van der Waals surface area contributed by atoms with Crippen LogP contribution in [-0.2, 0) is 37.1 Å². The van der Waals surface area contributed by atoms with Gasteiger partial charge >= 0.3 is 6.16 Å². The van der Waals surface area contributed by atoms with Gasteiger partial charge in [-0.2, -0.15) is 0 Å². The number of carbonyl (C=O) groups excluding carboxylic acids is 1. The minimum atomic E-state index is -3.24. The van der Waals surface area contributed by atoms with Crippen molar-refractivity contribution < 1.29 is 28.4 Å².